The second kappa shape index (κ2) is 8.06. The normalized spacial score (nSPS) is 13.6. The van der Waals surface area contributed by atoms with Crippen LogP contribution in [0.5, 0.6) is 0 Å². The van der Waals surface area contributed by atoms with Crippen molar-refractivity contribution in [3.8, 4) is 11.1 Å². The molecule has 0 spiro atoms. The largest absolute Gasteiger partial charge is 0.350 e. The molecular weight excluding hydrogens is 412 g/mol. The van der Waals surface area contributed by atoms with Crippen LogP contribution in [0.2, 0.25) is 0 Å². The van der Waals surface area contributed by atoms with Crippen LogP contribution in [0.4, 0.5) is 5.82 Å². The van der Waals surface area contributed by atoms with Crippen molar-refractivity contribution in [3.63, 3.8) is 0 Å². The number of pyridine rings is 2. The monoisotopic (exact) mass is 440 g/mol. The number of rotatable bonds is 3. The van der Waals surface area contributed by atoms with Crippen molar-refractivity contribution in [2.45, 2.75) is 53.5 Å². The van der Waals surface area contributed by atoms with E-state index in [1.165, 1.54) is 10.1 Å². The number of nitrogens with zero attached hydrogens (tertiary/aromatic N) is 6. The highest BCUT2D eigenvalue weighted by Crippen LogP contribution is 2.29. The van der Waals surface area contributed by atoms with Crippen LogP contribution in [0.3, 0.4) is 0 Å². The van der Waals surface area contributed by atoms with Crippen LogP contribution in [-0.2, 0) is 13.0 Å². The van der Waals surface area contributed by atoms with Crippen LogP contribution in [-0.4, -0.2) is 31.1 Å². The maximum absolute atomic E-state index is 12.9. The highest BCUT2D eigenvalue weighted by Gasteiger charge is 2.23. The van der Waals surface area contributed by atoms with E-state index in [1.807, 2.05) is 46.2 Å². The summed E-state index contributed by atoms with van der Waals surface area (Å²) in [7, 11) is 0. The number of anilines is 1. The molecule has 1 aliphatic heterocycles. The lowest BCUT2D eigenvalue weighted by atomic mass is 10.0. The molecule has 7 nitrogen and oxygen atoms in total. The van der Waals surface area contributed by atoms with Gasteiger partial charge < -0.3 is 4.90 Å². The fraction of sp³-hybridized carbons (Fsp3) is 0.346. The molecule has 5 rings (SSSR count). The number of hydrogen-bond donors (Lipinski definition) is 0. The zero-order valence-corrected chi connectivity index (χ0v) is 19.8. The van der Waals surface area contributed by atoms with Gasteiger partial charge in [-0.3, -0.25) is 14.8 Å². The summed E-state index contributed by atoms with van der Waals surface area (Å²) in [5.41, 5.74) is 8.75. The summed E-state index contributed by atoms with van der Waals surface area (Å²) in [4.78, 5) is 29.0. The molecule has 0 aromatic carbocycles. The minimum atomic E-state index is -0.138. The molecule has 0 fully saturated rings. The van der Waals surface area contributed by atoms with Gasteiger partial charge in [0.2, 0.25) is 0 Å². The van der Waals surface area contributed by atoms with Crippen LogP contribution >= 0.6 is 0 Å². The van der Waals surface area contributed by atoms with Crippen molar-refractivity contribution in [1.29, 1.82) is 0 Å². The molecule has 0 radical (unpaired) electrons. The lowest BCUT2D eigenvalue weighted by Gasteiger charge is -2.31. The second-order valence-electron chi connectivity index (χ2n) is 9.17. The lowest BCUT2D eigenvalue weighted by molar-refractivity contribution is 0.682. The molecule has 7 heteroatoms. The van der Waals surface area contributed by atoms with Crippen molar-refractivity contribution < 1.29 is 0 Å². The van der Waals surface area contributed by atoms with Gasteiger partial charge >= 0.3 is 0 Å². The van der Waals surface area contributed by atoms with Gasteiger partial charge in [-0.25, -0.2) is 4.98 Å². The molecule has 33 heavy (non-hydrogen) atoms. The van der Waals surface area contributed by atoms with Gasteiger partial charge in [0, 0.05) is 71.6 Å². The first kappa shape index (κ1) is 21.2. The lowest BCUT2D eigenvalue weighted by Crippen LogP contribution is -2.34. The van der Waals surface area contributed by atoms with E-state index in [2.05, 4.69) is 28.9 Å². The van der Waals surface area contributed by atoms with E-state index < -0.39 is 0 Å². The zero-order valence-electron chi connectivity index (χ0n) is 19.8. The Morgan fingerprint density at radius 1 is 0.970 bits per heavy atom. The Morgan fingerprint density at radius 3 is 2.48 bits per heavy atom. The van der Waals surface area contributed by atoms with E-state index in [0.717, 1.165) is 58.1 Å². The summed E-state index contributed by atoms with van der Waals surface area (Å²) in [5, 5.41) is 4.76. The maximum Gasteiger partial charge on any atom is 0.274 e. The highest BCUT2D eigenvalue weighted by molar-refractivity contribution is 5.64. The van der Waals surface area contributed by atoms with Gasteiger partial charge in [-0.1, -0.05) is 19.9 Å². The molecule has 0 amide bonds. The number of aromatic nitrogens is 5. The van der Waals surface area contributed by atoms with Gasteiger partial charge in [-0.2, -0.15) is 4.52 Å². The smallest absolute Gasteiger partial charge is 0.274 e. The molecule has 0 saturated heterocycles. The maximum atomic E-state index is 12.9. The predicted octanol–water partition coefficient (Wildman–Crippen LogP) is 4.16. The van der Waals surface area contributed by atoms with E-state index in [0.29, 0.717) is 12.2 Å². The minimum Gasteiger partial charge on any atom is -0.350 e. The van der Waals surface area contributed by atoms with E-state index in [-0.39, 0.29) is 11.5 Å². The van der Waals surface area contributed by atoms with Crippen molar-refractivity contribution in [1.82, 2.24) is 24.6 Å². The molecule has 0 N–H and O–H groups in total. The van der Waals surface area contributed by atoms with Gasteiger partial charge in [0.25, 0.3) is 5.56 Å². The fourth-order valence-corrected chi connectivity index (χ4v) is 4.34. The predicted molar refractivity (Wildman–Crippen MR) is 130 cm³/mol. The molecule has 0 saturated carbocycles. The molecule has 5 heterocycles. The summed E-state index contributed by atoms with van der Waals surface area (Å²) < 4.78 is 1.45. The first-order valence-electron chi connectivity index (χ1n) is 11.4. The summed E-state index contributed by atoms with van der Waals surface area (Å²) in [6.45, 7) is 11.7. The Bertz CT molecular complexity index is 1420. The number of aryl methyl sites for hydroxylation is 2. The van der Waals surface area contributed by atoms with E-state index in [1.54, 1.807) is 6.07 Å². The Morgan fingerprint density at radius 2 is 1.76 bits per heavy atom. The van der Waals surface area contributed by atoms with Crippen LogP contribution in [0, 0.1) is 20.8 Å². The molecule has 4 aromatic rings. The van der Waals surface area contributed by atoms with E-state index >= 15 is 0 Å². The van der Waals surface area contributed by atoms with Gasteiger partial charge in [0.1, 0.15) is 0 Å². The molecule has 1 aliphatic rings. The fourth-order valence-electron chi connectivity index (χ4n) is 4.34. The van der Waals surface area contributed by atoms with Gasteiger partial charge in [0.15, 0.2) is 11.5 Å². The molecular formula is C26H28N6O. The van der Waals surface area contributed by atoms with Crippen LogP contribution in [0.1, 0.15) is 53.5 Å². The zero-order chi connectivity index (χ0) is 23.3. The van der Waals surface area contributed by atoms with Crippen molar-refractivity contribution in [2.75, 3.05) is 11.4 Å². The molecule has 4 aromatic heterocycles. The van der Waals surface area contributed by atoms with Crippen LogP contribution in [0.15, 0.2) is 41.5 Å². The number of fused-ring (bicyclic) bond motifs is 2. The van der Waals surface area contributed by atoms with Gasteiger partial charge in [-0.05, 0) is 44.4 Å². The summed E-state index contributed by atoms with van der Waals surface area (Å²) in [6.07, 6.45) is 4.66. The van der Waals surface area contributed by atoms with Crippen molar-refractivity contribution in [3.05, 3.63) is 80.8 Å². The molecule has 0 unspecified atom stereocenters. The average molecular weight is 441 g/mol. The van der Waals surface area contributed by atoms with E-state index in [4.69, 9.17) is 15.1 Å². The third-order valence-electron chi connectivity index (χ3n) is 6.52. The topological polar surface area (TPSA) is 76.3 Å². The first-order valence-corrected chi connectivity index (χ1v) is 11.4. The Kier molecular flexibility index (Phi) is 5.19. The Labute approximate surface area is 193 Å². The van der Waals surface area contributed by atoms with Crippen LogP contribution < -0.4 is 10.5 Å². The standard InChI is InChI=1S/C26H28N6O/c1-15(2)23-11-24(33)32-25(29-23)17(4)18(5)26(30-32)31-9-8-22-21(14-31)10-20(13-28-22)19-7-6-16(3)27-12-19/h6-7,10-13,15H,8-9,14H2,1-5H3. The average Bonchev–Trinajstić information content (AvgIpc) is 2.81. The number of hydrogen-bond acceptors (Lipinski definition) is 6. The Balaban J connectivity index is 1.54. The SMILES string of the molecule is Cc1ccc(-c2cnc3c(c2)CN(c2nn4c(=O)cc(C(C)C)nc4c(C)c2C)CC3)cn1. The van der Waals surface area contributed by atoms with Crippen molar-refractivity contribution in [2.24, 2.45) is 0 Å². The molecule has 0 atom stereocenters. The second-order valence-corrected chi connectivity index (χ2v) is 9.17. The summed E-state index contributed by atoms with van der Waals surface area (Å²) in [5.74, 6) is 1.01. The molecule has 0 bridgehead atoms. The quantitative estimate of drug-likeness (QED) is 0.476. The highest BCUT2D eigenvalue weighted by atomic mass is 16.1. The van der Waals surface area contributed by atoms with Crippen LogP contribution in [0.25, 0.3) is 16.8 Å². The third-order valence-corrected chi connectivity index (χ3v) is 6.52. The minimum absolute atomic E-state index is 0.138. The van der Waals surface area contributed by atoms with Gasteiger partial charge in [0.05, 0.1) is 5.69 Å². The van der Waals surface area contributed by atoms with Crippen molar-refractivity contribution >= 4 is 11.5 Å². The molecule has 0 aliphatic carbocycles. The summed E-state index contributed by atoms with van der Waals surface area (Å²) in [6, 6.07) is 7.89. The van der Waals surface area contributed by atoms with Gasteiger partial charge in [-0.15, -0.1) is 5.10 Å². The summed E-state index contributed by atoms with van der Waals surface area (Å²) >= 11 is 0. The Hall–Kier alpha value is -3.61. The molecule has 168 valence electrons. The van der Waals surface area contributed by atoms with E-state index in [9.17, 15) is 4.79 Å². The first-order chi connectivity index (χ1) is 15.8. The third kappa shape index (κ3) is 3.77.